The molecule has 0 atom stereocenters. The lowest BCUT2D eigenvalue weighted by Gasteiger charge is -2.37. The van der Waals surface area contributed by atoms with Gasteiger partial charge in [0.25, 0.3) is 0 Å². The van der Waals surface area contributed by atoms with Crippen LogP contribution in [0.25, 0.3) is 0 Å². The number of alkyl halides is 1. The predicted molar refractivity (Wildman–Crippen MR) is 83.1 cm³/mol. The normalized spacial score (nSPS) is 18.9. The second-order valence-electron chi connectivity index (χ2n) is 6.70. The molecule has 0 amide bonds. The molecule has 0 N–H and O–H groups in total. The van der Waals surface area contributed by atoms with E-state index in [9.17, 15) is 0 Å². The van der Waals surface area contributed by atoms with Crippen molar-refractivity contribution < 1.29 is 0 Å². The quantitative estimate of drug-likeness (QED) is 0.754. The van der Waals surface area contributed by atoms with E-state index >= 15 is 0 Å². The van der Waals surface area contributed by atoms with E-state index in [1.165, 1.54) is 18.4 Å². The molecule has 1 aromatic rings. The maximum Gasteiger partial charge on any atom is 0.129 e. The van der Waals surface area contributed by atoms with Gasteiger partial charge in [-0.3, -0.25) is 0 Å². The Hall–Kier alpha value is -0.760. The first-order valence-electron chi connectivity index (χ1n) is 7.23. The van der Waals surface area contributed by atoms with Crippen molar-refractivity contribution in [1.82, 2.24) is 4.98 Å². The van der Waals surface area contributed by atoms with Gasteiger partial charge in [0.1, 0.15) is 5.82 Å². The van der Waals surface area contributed by atoms with Crippen LogP contribution >= 0.6 is 11.6 Å². The SMILES string of the molecule is CC(C)c1cc(CCl)cc(N2CCC(C)(C)CC2)n1. The minimum atomic E-state index is 0.447. The Morgan fingerprint density at radius 1 is 1.26 bits per heavy atom. The molecule has 0 aliphatic carbocycles. The van der Waals surface area contributed by atoms with Crippen LogP contribution in [-0.4, -0.2) is 18.1 Å². The largest absolute Gasteiger partial charge is 0.357 e. The molecule has 1 fully saturated rings. The van der Waals surface area contributed by atoms with Crippen LogP contribution in [-0.2, 0) is 5.88 Å². The molecule has 1 aromatic heterocycles. The molecule has 3 heteroatoms. The number of hydrogen-bond acceptors (Lipinski definition) is 2. The summed E-state index contributed by atoms with van der Waals surface area (Å²) in [7, 11) is 0. The van der Waals surface area contributed by atoms with Crippen molar-refractivity contribution in [2.45, 2.75) is 52.3 Å². The molecule has 1 aliphatic heterocycles. The predicted octanol–water partition coefficient (Wildman–Crippen LogP) is 4.57. The van der Waals surface area contributed by atoms with Crippen LogP contribution in [0.2, 0.25) is 0 Å². The lowest BCUT2D eigenvalue weighted by Crippen LogP contribution is -2.37. The van der Waals surface area contributed by atoms with Gasteiger partial charge in [0.05, 0.1) is 0 Å². The average molecular weight is 281 g/mol. The van der Waals surface area contributed by atoms with Crippen LogP contribution in [0.4, 0.5) is 5.82 Å². The van der Waals surface area contributed by atoms with Crippen molar-refractivity contribution in [1.29, 1.82) is 0 Å². The molecule has 0 aromatic carbocycles. The monoisotopic (exact) mass is 280 g/mol. The van der Waals surface area contributed by atoms with Gasteiger partial charge in [-0.15, -0.1) is 11.6 Å². The molecular weight excluding hydrogens is 256 g/mol. The third-order valence-corrected chi connectivity index (χ3v) is 4.39. The standard InChI is InChI=1S/C16H25ClN2/c1-12(2)14-9-13(11-17)10-15(18-14)19-7-5-16(3,4)6-8-19/h9-10,12H,5-8,11H2,1-4H3. The summed E-state index contributed by atoms with van der Waals surface area (Å²) in [6.07, 6.45) is 2.47. The fraction of sp³-hybridized carbons (Fsp3) is 0.688. The summed E-state index contributed by atoms with van der Waals surface area (Å²) in [5.41, 5.74) is 2.81. The van der Waals surface area contributed by atoms with Crippen LogP contribution in [0.5, 0.6) is 0 Å². The van der Waals surface area contributed by atoms with Gasteiger partial charge in [-0.2, -0.15) is 0 Å². The highest BCUT2D eigenvalue weighted by molar-refractivity contribution is 6.17. The van der Waals surface area contributed by atoms with Gasteiger partial charge in [0, 0.05) is 24.7 Å². The summed E-state index contributed by atoms with van der Waals surface area (Å²) in [6.45, 7) is 11.3. The highest BCUT2D eigenvalue weighted by Crippen LogP contribution is 2.32. The maximum atomic E-state index is 6.01. The molecule has 1 aliphatic rings. The van der Waals surface area contributed by atoms with Crippen molar-refractivity contribution in [2.24, 2.45) is 5.41 Å². The van der Waals surface area contributed by atoms with E-state index < -0.39 is 0 Å². The van der Waals surface area contributed by atoms with E-state index in [0.29, 0.717) is 17.2 Å². The zero-order chi connectivity index (χ0) is 14.0. The molecule has 0 saturated carbocycles. The lowest BCUT2D eigenvalue weighted by atomic mass is 9.83. The van der Waals surface area contributed by atoms with Crippen molar-refractivity contribution in [3.63, 3.8) is 0 Å². The average Bonchev–Trinajstić information content (AvgIpc) is 2.38. The molecule has 2 rings (SSSR count). The smallest absolute Gasteiger partial charge is 0.129 e. The Morgan fingerprint density at radius 3 is 2.42 bits per heavy atom. The van der Waals surface area contributed by atoms with Crippen LogP contribution in [0.3, 0.4) is 0 Å². The van der Waals surface area contributed by atoms with Crippen LogP contribution in [0.15, 0.2) is 12.1 Å². The first-order chi connectivity index (χ1) is 8.91. The fourth-order valence-corrected chi connectivity index (χ4v) is 2.62. The Labute approximate surface area is 122 Å². The van der Waals surface area contributed by atoms with Crippen LogP contribution in [0.1, 0.15) is 57.7 Å². The highest BCUT2D eigenvalue weighted by atomic mass is 35.5. The van der Waals surface area contributed by atoms with Crippen molar-refractivity contribution >= 4 is 17.4 Å². The van der Waals surface area contributed by atoms with Crippen LogP contribution in [0, 0.1) is 5.41 Å². The third-order valence-electron chi connectivity index (χ3n) is 4.08. The van der Waals surface area contributed by atoms with E-state index in [1.54, 1.807) is 0 Å². The number of piperidine rings is 1. The number of halogens is 1. The van der Waals surface area contributed by atoms with Gasteiger partial charge in [-0.05, 0) is 41.9 Å². The number of aromatic nitrogens is 1. The first-order valence-corrected chi connectivity index (χ1v) is 7.76. The molecule has 0 spiro atoms. The van der Waals surface area contributed by atoms with Gasteiger partial charge >= 0.3 is 0 Å². The Morgan fingerprint density at radius 2 is 1.89 bits per heavy atom. The zero-order valence-corrected chi connectivity index (χ0v) is 13.3. The van der Waals surface area contributed by atoms with Gasteiger partial charge in [-0.25, -0.2) is 4.98 Å². The van der Waals surface area contributed by atoms with Crippen molar-refractivity contribution in [2.75, 3.05) is 18.0 Å². The van der Waals surface area contributed by atoms with Gasteiger partial charge in [0.2, 0.25) is 0 Å². The van der Waals surface area contributed by atoms with E-state index in [4.69, 9.17) is 16.6 Å². The molecule has 1 saturated heterocycles. The number of nitrogens with zero attached hydrogens (tertiary/aromatic N) is 2. The summed E-state index contributed by atoms with van der Waals surface area (Å²) in [4.78, 5) is 7.23. The lowest BCUT2D eigenvalue weighted by molar-refractivity contribution is 0.279. The number of hydrogen-bond donors (Lipinski definition) is 0. The van der Waals surface area contributed by atoms with E-state index in [-0.39, 0.29) is 0 Å². The Kier molecular flexibility index (Phi) is 4.39. The molecule has 2 heterocycles. The summed E-state index contributed by atoms with van der Waals surface area (Å²) in [5, 5.41) is 0. The maximum absolute atomic E-state index is 6.01. The minimum Gasteiger partial charge on any atom is -0.357 e. The molecule has 0 radical (unpaired) electrons. The summed E-state index contributed by atoms with van der Waals surface area (Å²) >= 11 is 6.01. The summed E-state index contributed by atoms with van der Waals surface area (Å²) < 4.78 is 0. The highest BCUT2D eigenvalue weighted by Gasteiger charge is 2.26. The molecule has 19 heavy (non-hydrogen) atoms. The Bertz CT molecular complexity index is 430. The zero-order valence-electron chi connectivity index (χ0n) is 12.5. The second kappa shape index (κ2) is 5.70. The van der Waals surface area contributed by atoms with Gasteiger partial charge < -0.3 is 4.90 Å². The summed E-state index contributed by atoms with van der Waals surface area (Å²) in [5.74, 6) is 2.12. The summed E-state index contributed by atoms with van der Waals surface area (Å²) in [6, 6.07) is 4.28. The first kappa shape index (κ1) is 14.6. The van der Waals surface area contributed by atoms with E-state index in [2.05, 4.69) is 44.7 Å². The van der Waals surface area contributed by atoms with Crippen molar-refractivity contribution in [3.8, 4) is 0 Å². The second-order valence-corrected chi connectivity index (χ2v) is 6.97. The molecule has 2 nitrogen and oxygen atoms in total. The number of anilines is 1. The van der Waals surface area contributed by atoms with E-state index in [0.717, 1.165) is 24.6 Å². The number of rotatable bonds is 3. The molecule has 0 unspecified atom stereocenters. The topological polar surface area (TPSA) is 16.1 Å². The van der Waals surface area contributed by atoms with Gasteiger partial charge in [0.15, 0.2) is 0 Å². The molecule has 106 valence electrons. The van der Waals surface area contributed by atoms with Gasteiger partial charge in [-0.1, -0.05) is 27.7 Å². The third kappa shape index (κ3) is 3.62. The fourth-order valence-electron chi connectivity index (χ4n) is 2.47. The minimum absolute atomic E-state index is 0.447. The number of pyridine rings is 1. The Balaban J connectivity index is 2.22. The molecular formula is C16H25ClN2. The van der Waals surface area contributed by atoms with Crippen molar-refractivity contribution in [3.05, 3.63) is 23.4 Å². The van der Waals surface area contributed by atoms with E-state index in [1.807, 2.05) is 0 Å². The molecule has 0 bridgehead atoms. The van der Waals surface area contributed by atoms with Crippen LogP contribution < -0.4 is 4.90 Å².